The van der Waals surface area contributed by atoms with Crippen LogP contribution in [0.25, 0.3) is 0 Å². The van der Waals surface area contributed by atoms with Crippen LogP contribution >= 0.6 is 11.3 Å². The van der Waals surface area contributed by atoms with Crippen LogP contribution in [0.3, 0.4) is 0 Å². The standard InChI is InChI=1S/C12H19N3O3S/c1-3-4-5-6-7-18-11(16)10(15-17-2)9-8-19-12(13)14-9/h8H,3-7H2,1-2H3,(H2,13,14). The highest BCUT2D eigenvalue weighted by atomic mass is 32.1. The van der Waals surface area contributed by atoms with Gasteiger partial charge in [0.2, 0.25) is 5.71 Å². The molecule has 1 rings (SSSR count). The summed E-state index contributed by atoms with van der Waals surface area (Å²) < 4.78 is 5.14. The predicted molar refractivity (Wildman–Crippen MR) is 75.2 cm³/mol. The summed E-state index contributed by atoms with van der Waals surface area (Å²) >= 11 is 1.23. The minimum absolute atomic E-state index is 0.0472. The molecule has 0 atom stereocenters. The number of esters is 1. The van der Waals surface area contributed by atoms with Gasteiger partial charge in [-0.05, 0) is 6.42 Å². The lowest BCUT2D eigenvalue weighted by Gasteiger charge is -2.05. The first kappa shape index (κ1) is 15.4. The van der Waals surface area contributed by atoms with Gasteiger partial charge in [-0.2, -0.15) is 0 Å². The van der Waals surface area contributed by atoms with Crippen molar-refractivity contribution in [3.8, 4) is 0 Å². The van der Waals surface area contributed by atoms with E-state index in [1.54, 1.807) is 5.38 Å². The number of rotatable bonds is 8. The van der Waals surface area contributed by atoms with Crippen molar-refractivity contribution in [2.75, 3.05) is 19.5 Å². The van der Waals surface area contributed by atoms with Crippen LogP contribution in [0.1, 0.15) is 38.3 Å². The second-order valence-corrected chi connectivity index (χ2v) is 4.78. The average Bonchev–Trinajstić information content (AvgIpc) is 2.82. The number of ether oxygens (including phenoxy) is 1. The maximum absolute atomic E-state index is 11.9. The van der Waals surface area contributed by atoms with Crippen LogP contribution in [0.2, 0.25) is 0 Å². The molecule has 1 heterocycles. The number of oxime groups is 1. The van der Waals surface area contributed by atoms with Crippen molar-refractivity contribution in [1.29, 1.82) is 0 Å². The third-order valence-electron chi connectivity index (χ3n) is 2.37. The largest absolute Gasteiger partial charge is 0.461 e. The molecular formula is C12H19N3O3S. The zero-order valence-corrected chi connectivity index (χ0v) is 12.0. The van der Waals surface area contributed by atoms with E-state index in [1.165, 1.54) is 18.4 Å². The molecule has 6 nitrogen and oxygen atoms in total. The lowest BCUT2D eigenvalue weighted by molar-refractivity contribution is -0.135. The molecule has 1 aromatic rings. The Bertz CT molecular complexity index is 432. The smallest absolute Gasteiger partial charge is 0.362 e. The van der Waals surface area contributed by atoms with Gasteiger partial charge in [0.05, 0.1) is 6.61 Å². The number of nitrogen functional groups attached to an aromatic ring is 1. The number of hydrogen-bond acceptors (Lipinski definition) is 7. The van der Waals surface area contributed by atoms with Gasteiger partial charge in [-0.1, -0.05) is 31.3 Å². The van der Waals surface area contributed by atoms with Crippen molar-refractivity contribution >= 4 is 28.1 Å². The first-order valence-electron chi connectivity index (χ1n) is 6.18. The van der Waals surface area contributed by atoms with E-state index in [0.29, 0.717) is 17.4 Å². The van der Waals surface area contributed by atoms with Crippen molar-refractivity contribution in [2.45, 2.75) is 32.6 Å². The average molecular weight is 285 g/mol. The zero-order valence-electron chi connectivity index (χ0n) is 11.2. The summed E-state index contributed by atoms with van der Waals surface area (Å²) in [5, 5.41) is 5.67. The highest BCUT2D eigenvalue weighted by molar-refractivity contribution is 7.13. The lowest BCUT2D eigenvalue weighted by atomic mass is 10.2. The Morgan fingerprint density at radius 2 is 2.26 bits per heavy atom. The lowest BCUT2D eigenvalue weighted by Crippen LogP contribution is -2.20. The summed E-state index contributed by atoms with van der Waals surface area (Å²) in [6.07, 6.45) is 4.17. The number of anilines is 1. The Hall–Kier alpha value is -1.63. The number of thiazole rings is 1. The molecule has 19 heavy (non-hydrogen) atoms. The number of nitrogens with zero attached hydrogens (tertiary/aromatic N) is 2. The molecule has 0 amide bonds. The highest BCUT2D eigenvalue weighted by Gasteiger charge is 2.19. The summed E-state index contributed by atoms with van der Waals surface area (Å²) in [7, 11) is 1.37. The van der Waals surface area contributed by atoms with E-state index >= 15 is 0 Å². The third-order valence-corrected chi connectivity index (χ3v) is 3.05. The Morgan fingerprint density at radius 1 is 1.47 bits per heavy atom. The molecule has 0 aliphatic rings. The maximum Gasteiger partial charge on any atom is 0.362 e. The van der Waals surface area contributed by atoms with Crippen LogP contribution in [0.15, 0.2) is 10.5 Å². The van der Waals surface area contributed by atoms with E-state index in [1.807, 2.05) is 0 Å². The first-order chi connectivity index (χ1) is 9.19. The Labute approximate surface area is 116 Å². The normalized spacial score (nSPS) is 11.4. The minimum Gasteiger partial charge on any atom is -0.461 e. The van der Waals surface area contributed by atoms with Crippen molar-refractivity contribution in [3.05, 3.63) is 11.1 Å². The Kier molecular flexibility index (Phi) is 6.88. The fraction of sp³-hybridized carbons (Fsp3) is 0.583. The van der Waals surface area contributed by atoms with Gasteiger partial charge >= 0.3 is 5.97 Å². The molecule has 0 saturated carbocycles. The van der Waals surface area contributed by atoms with E-state index in [2.05, 4.69) is 21.9 Å². The monoisotopic (exact) mass is 285 g/mol. The van der Waals surface area contributed by atoms with Gasteiger partial charge in [-0.3, -0.25) is 0 Å². The van der Waals surface area contributed by atoms with Gasteiger partial charge in [-0.25, -0.2) is 9.78 Å². The number of hydrogen-bond donors (Lipinski definition) is 1. The van der Waals surface area contributed by atoms with Crippen LogP contribution in [-0.4, -0.2) is 30.4 Å². The number of aromatic nitrogens is 1. The fourth-order valence-corrected chi connectivity index (χ4v) is 1.99. The first-order valence-corrected chi connectivity index (χ1v) is 7.06. The van der Waals surface area contributed by atoms with Crippen LogP contribution in [0, 0.1) is 0 Å². The van der Waals surface area contributed by atoms with E-state index in [4.69, 9.17) is 10.5 Å². The van der Waals surface area contributed by atoms with Crippen molar-refractivity contribution in [2.24, 2.45) is 5.16 Å². The number of carbonyl (C=O) groups is 1. The molecule has 0 radical (unpaired) electrons. The van der Waals surface area contributed by atoms with Crippen LogP contribution < -0.4 is 5.73 Å². The number of unbranched alkanes of at least 4 members (excludes halogenated alkanes) is 3. The molecule has 0 aliphatic heterocycles. The molecule has 0 fully saturated rings. The van der Waals surface area contributed by atoms with E-state index in [0.717, 1.165) is 25.7 Å². The SMILES string of the molecule is CCCCCCOC(=O)C(=NOC)c1csc(N)n1. The van der Waals surface area contributed by atoms with Crippen molar-refractivity contribution < 1.29 is 14.4 Å². The van der Waals surface area contributed by atoms with Gasteiger partial charge in [-0.15, -0.1) is 11.3 Å². The summed E-state index contributed by atoms with van der Waals surface area (Å²) in [6, 6.07) is 0. The molecular weight excluding hydrogens is 266 g/mol. The molecule has 0 aliphatic carbocycles. The van der Waals surface area contributed by atoms with Gasteiger partial charge in [0.1, 0.15) is 12.8 Å². The summed E-state index contributed by atoms with van der Waals surface area (Å²) in [5.41, 5.74) is 5.95. The highest BCUT2D eigenvalue weighted by Crippen LogP contribution is 2.13. The van der Waals surface area contributed by atoms with Gasteiger partial charge < -0.3 is 15.3 Å². The van der Waals surface area contributed by atoms with E-state index < -0.39 is 5.97 Å². The molecule has 0 bridgehead atoms. The summed E-state index contributed by atoms with van der Waals surface area (Å²) in [6.45, 7) is 2.50. The zero-order chi connectivity index (χ0) is 14.1. The molecule has 7 heteroatoms. The summed E-state index contributed by atoms with van der Waals surface area (Å²) in [5.74, 6) is -0.538. The van der Waals surface area contributed by atoms with E-state index in [-0.39, 0.29) is 5.71 Å². The van der Waals surface area contributed by atoms with Crippen molar-refractivity contribution in [3.63, 3.8) is 0 Å². The van der Waals surface area contributed by atoms with Gasteiger partial charge in [0.15, 0.2) is 5.13 Å². The van der Waals surface area contributed by atoms with Crippen LogP contribution in [0.4, 0.5) is 5.13 Å². The topological polar surface area (TPSA) is 86.8 Å². The minimum atomic E-state index is -0.538. The van der Waals surface area contributed by atoms with Gasteiger partial charge in [0.25, 0.3) is 0 Å². The molecule has 2 N–H and O–H groups in total. The molecule has 106 valence electrons. The Balaban J connectivity index is 2.53. The predicted octanol–water partition coefficient (Wildman–Crippen LogP) is 2.20. The second kappa shape index (κ2) is 8.47. The third kappa shape index (κ3) is 5.25. The van der Waals surface area contributed by atoms with Crippen LogP contribution in [-0.2, 0) is 14.4 Å². The number of nitrogens with two attached hydrogens (primary N) is 1. The quantitative estimate of drug-likeness (QED) is 0.342. The molecule has 0 spiro atoms. The van der Waals surface area contributed by atoms with Crippen molar-refractivity contribution in [1.82, 2.24) is 4.98 Å². The van der Waals surface area contributed by atoms with E-state index in [9.17, 15) is 4.79 Å². The maximum atomic E-state index is 11.9. The molecule has 0 unspecified atom stereocenters. The Morgan fingerprint density at radius 3 is 2.84 bits per heavy atom. The van der Waals surface area contributed by atoms with Crippen LogP contribution in [0.5, 0.6) is 0 Å². The molecule has 1 aromatic heterocycles. The van der Waals surface area contributed by atoms with Gasteiger partial charge in [0, 0.05) is 5.38 Å². The summed E-state index contributed by atoms with van der Waals surface area (Å²) in [4.78, 5) is 20.5. The molecule has 0 aromatic carbocycles. The molecule has 0 saturated heterocycles. The second-order valence-electron chi connectivity index (χ2n) is 3.89. The number of carbonyl (C=O) groups excluding carboxylic acids is 1. The fourth-order valence-electron chi connectivity index (χ4n) is 1.44.